The highest BCUT2D eigenvalue weighted by molar-refractivity contribution is 5.93. The van der Waals surface area contributed by atoms with Gasteiger partial charge < -0.3 is 15.2 Å². The number of aliphatic hydroxyl groups excluding tert-OH is 1. The van der Waals surface area contributed by atoms with Crippen molar-refractivity contribution < 1.29 is 14.6 Å². The van der Waals surface area contributed by atoms with Crippen molar-refractivity contribution in [2.45, 2.75) is 18.6 Å². The maximum absolute atomic E-state index is 12.3. The van der Waals surface area contributed by atoms with E-state index in [9.17, 15) is 9.90 Å². The highest BCUT2D eigenvalue weighted by atomic mass is 16.5. The normalized spacial score (nSPS) is 19.9. The number of aliphatic hydroxyl groups is 1. The summed E-state index contributed by atoms with van der Waals surface area (Å²) < 4.78 is 5.08. The van der Waals surface area contributed by atoms with Crippen LogP contribution < -0.4 is 10.1 Å². The van der Waals surface area contributed by atoms with E-state index in [2.05, 4.69) is 10.3 Å². The fraction of sp³-hybridized carbons (Fsp3) is 0.250. The molecule has 1 aliphatic carbocycles. The summed E-state index contributed by atoms with van der Waals surface area (Å²) in [7, 11) is 1.54. The van der Waals surface area contributed by atoms with Gasteiger partial charge >= 0.3 is 0 Å². The zero-order chi connectivity index (χ0) is 14.8. The quantitative estimate of drug-likeness (QED) is 0.895. The highest BCUT2D eigenvalue weighted by Crippen LogP contribution is 2.31. The van der Waals surface area contributed by atoms with Crippen LogP contribution in [0.4, 0.5) is 0 Å². The van der Waals surface area contributed by atoms with Gasteiger partial charge in [0, 0.05) is 18.7 Å². The molecule has 0 fully saturated rings. The van der Waals surface area contributed by atoms with Crippen LogP contribution in [0.1, 0.15) is 27.7 Å². The Morgan fingerprint density at radius 1 is 1.38 bits per heavy atom. The topological polar surface area (TPSA) is 71.5 Å². The van der Waals surface area contributed by atoms with Crippen molar-refractivity contribution in [1.29, 1.82) is 0 Å². The number of ether oxygens (including phenoxy) is 1. The average molecular weight is 284 g/mol. The highest BCUT2D eigenvalue weighted by Gasteiger charge is 2.32. The number of carbonyl (C=O) groups excluding carboxylic acids is 1. The molecule has 0 bridgehead atoms. The zero-order valence-corrected chi connectivity index (χ0v) is 11.6. The van der Waals surface area contributed by atoms with Gasteiger partial charge in [-0.3, -0.25) is 9.78 Å². The Hall–Kier alpha value is -2.40. The predicted molar refractivity (Wildman–Crippen MR) is 77.1 cm³/mol. The Labute approximate surface area is 122 Å². The maximum atomic E-state index is 12.3. The first-order valence-electron chi connectivity index (χ1n) is 6.76. The maximum Gasteiger partial charge on any atom is 0.270 e. The van der Waals surface area contributed by atoms with E-state index in [1.807, 2.05) is 24.3 Å². The summed E-state index contributed by atoms with van der Waals surface area (Å²) in [5, 5.41) is 13.0. The minimum absolute atomic E-state index is 0.269. The monoisotopic (exact) mass is 284 g/mol. The third kappa shape index (κ3) is 2.60. The van der Waals surface area contributed by atoms with Crippen LogP contribution >= 0.6 is 0 Å². The Bertz CT molecular complexity index is 672. The molecule has 0 spiro atoms. The van der Waals surface area contributed by atoms with Crippen molar-refractivity contribution in [3.05, 3.63) is 59.4 Å². The largest absolute Gasteiger partial charge is 0.497 e. The van der Waals surface area contributed by atoms with Crippen molar-refractivity contribution in [1.82, 2.24) is 10.3 Å². The number of hydrogen-bond acceptors (Lipinski definition) is 4. The van der Waals surface area contributed by atoms with Crippen molar-refractivity contribution in [2.24, 2.45) is 0 Å². The molecule has 0 saturated heterocycles. The van der Waals surface area contributed by atoms with Crippen molar-refractivity contribution in [2.75, 3.05) is 7.11 Å². The second kappa shape index (κ2) is 5.54. The van der Waals surface area contributed by atoms with E-state index in [1.165, 1.54) is 13.3 Å². The molecule has 2 aromatic rings. The van der Waals surface area contributed by atoms with E-state index >= 15 is 0 Å². The lowest BCUT2D eigenvalue weighted by Gasteiger charge is -2.17. The number of fused-ring (bicyclic) bond motifs is 1. The van der Waals surface area contributed by atoms with Gasteiger partial charge in [-0.25, -0.2) is 0 Å². The Morgan fingerprint density at radius 2 is 2.19 bits per heavy atom. The van der Waals surface area contributed by atoms with Gasteiger partial charge in [0.2, 0.25) is 0 Å². The summed E-state index contributed by atoms with van der Waals surface area (Å²) in [6.07, 6.45) is 1.45. The minimum atomic E-state index is -0.614. The molecule has 0 aliphatic heterocycles. The van der Waals surface area contributed by atoms with Gasteiger partial charge in [-0.05, 0) is 17.2 Å². The molecular formula is C16H16N2O3. The smallest absolute Gasteiger partial charge is 0.270 e. The summed E-state index contributed by atoms with van der Waals surface area (Å²) >= 11 is 0. The minimum Gasteiger partial charge on any atom is -0.497 e. The molecule has 5 nitrogen and oxygen atoms in total. The fourth-order valence-corrected chi connectivity index (χ4v) is 2.63. The summed E-state index contributed by atoms with van der Waals surface area (Å²) in [6.45, 7) is 0. The molecule has 0 saturated carbocycles. The third-order valence-electron chi connectivity index (χ3n) is 3.69. The number of nitrogens with one attached hydrogen (secondary N) is 1. The number of methoxy groups -OCH3 is 1. The molecule has 1 heterocycles. The van der Waals surface area contributed by atoms with Crippen LogP contribution in [0.5, 0.6) is 5.75 Å². The summed E-state index contributed by atoms with van der Waals surface area (Å²) in [5.74, 6) is 0.247. The number of benzene rings is 1. The first-order chi connectivity index (χ1) is 10.2. The van der Waals surface area contributed by atoms with E-state index in [0.29, 0.717) is 12.2 Å². The van der Waals surface area contributed by atoms with Gasteiger partial charge in [-0.1, -0.05) is 24.3 Å². The number of amides is 1. The second-order valence-electron chi connectivity index (χ2n) is 5.00. The van der Waals surface area contributed by atoms with Crippen LogP contribution in [0.25, 0.3) is 0 Å². The van der Waals surface area contributed by atoms with E-state index in [-0.39, 0.29) is 11.6 Å². The van der Waals surface area contributed by atoms with Gasteiger partial charge in [0.25, 0.3) is 5.91 Å². The lowest BCUT2D eigenvalue weighted by molar-refractivity contribution is 0.0853. The lowest BCUT2D eigenvalue weighted by Crippen LogP contribution is -2.34. The van der Waals surface area contributed by atoms with Gasteiger partial charge in [-0.2, -0.15) is 0 Å². The summed E-state index contributed by atoms with van der Waals surface area (Å²) in [6, 6.07) is 10.6. The summed E-state index contributed by atoms with van der Waals surface area (Å²) in [5.41, 5.74) is 2.29. The van der Waals surface area contributed by atoms with Gasteiger partial charge in [0.15, 0.2) is 0 Å². The molecule has 2 atom stereocenters. The van der Waals surface area contributed by atoms with E-state index in [4.69, 9.17) is 4.74 Å². The number of rotatable bonds is 3. The standard InChI is InChI=1S/C16H16N2O3/c1-21-11-6-7-17-13(9-11)16(20)18-15-12-5-3-2-4-10(12)8-14(15)19/h2-7,9,14-15,19H,8H2,1H3,(H,18,20). The fourth-order valence-electron chi connectivity index (χ4n) is 2.63. The first-order valence-corrected chi connectivity index (χ1v) is 6.76. The van der Waals surface area contributed by atoms with Crippen LogP contribution in [-0.2, 0) is 6.42 Å². The number of hydrogen-bond donors (Lipinski definition) is 2. The molecule has 1 aromatic heterocycles. The number of pyridine rings is 1. The van der Waals surface area contributed by atoms with Crippen LogP contribution in [0.15, 0.2) is 42.6 Å². The van der Waals surface area contributed by atoms with E-state index in [1.54, 1.807) is 12.1 Å². The van der Waals surface area contributed by atoms with Crippen LogP contribution in [0.3, 0.4) is 0 Å². The van der Waals surface area contributed by atoms with Gasteiger partial charge in [0.1, 0.15) is 11.4 Å². The van der Waals surface area contributed by atoms with Gasteiger partial charge in [-0.15, -0.1) is 0 Å². The first kappa shape index (κ1) is 13.6. The van der Waals surface area contributed by atoms with Crippen molar-refractivity contribution in [3.8, 4) is 5.75 Å². The number of nitrogens with zero attached hydrogens (tertiary/aromatic N) is 1. The predicted octanol–water partition coefficient (Wildman–Crippen LogP) is 1.48. The molecule has 2 N–H and O–H groups in total. The van der Waals surface area contributed by atoms with Crippen molar-refractivity contribution >= 4 is 5.91 Å². The molecule has 21 heavy (non-hydrogen) atoms. The molecule has 3 rings (SSSR count). The number of carbonyl (C=O) groups is 1. The molecule has 0 radical (unpaired) electrons. The molecule has 2 unspecified atom stereocenters. The molecule has 1 aromatic carbocycles. The molecule has 5 heteroatoms. The molecule has 1 amide bonds. The van der Waals surface area contributed by atoms with E-state index in [0.717, 1.165) is 11.1 Å². The number of aromatic nitrogens is 1. The second-order valence-corrected chi connectivity index (χ2v) is 5.00. The third-order valence-corrected chi connectivity index (χ3v) is 3.69. The van der Waals surface area contributed by atoms with E-state index < -0.39 is 12.1 Å². The Balaban J connectivity index is 1.81. The summed E-state index contributed by atoms with van der Waals surface area (Å²) in [4.78, 5) is 16.3. The van der Waals surface area contributed by atoms with Crippen molar-refractivity contribution in [3.63, 3.8) is 0 Å². The SMILES string of the molecule is COc1ccnc(C(=O)NC2c3ccccc3CC2O)c1. The Kier molecular flexibility index (Phi) is 3.58. The van der Waals surface area contributed by atoms with Crippen LogP contribution in [0, 0.1) is 0 Å². The average Bonchev–Trinajstić information content (AvgIpc) is 2.83. The molecular weight excluding hydrogens is 268 g/mol. The zero-order valence-electron chi connectivity index (χ0n) is 11.6. The Morgan fingerprint density at radius 3 is 3.00 bits per heavy atom. The van der Waals surface area contributed by atoms with Crippen LogP contribution in [0.2, 0.25) is 0 Å². The molecule has 1 aliphatic rings. The lowest BCUT2D eigenvalue weighted by atomic mass is 10.1. The molecule has 108 valence electrons. The van der Waals surface area contributed by atoms with Gasteiger partial charge in [0.05, 0.1) is 19.3 Å². The van der Waals surface area contributed by atoms with Crippen LogP contribution in [-0.4, -0.2) is 29.2 Å².